The number of hydrogen-bond acceptors (Lipinski definition) is 5. The maximum absolute atomic E-state index is 12.6. The molecule has 156 valence electrons. The number of carbonyl (C=O) groups excluding carboxylic acids is 1. The summed E-state index contributed by atoms with van der Waals surface area (Å²) in [6.45, 7) is 10.6. The zero-order valence-corrected chi connectivity index (χ0v) is 18.7. The van der Waals surface area contributed by atoms with Gasteiger partial charge in [0, 0.05) is 30.1 Å². The van der Waals surface area contributed by atoms with Crippen LogP contribution in [-0.4, -0.2) is 52.7 Å². The van der Waals surface area contributed by atoms with Gasteiger partial charge in [-0.3, -0.25) is 4.99 Å². The van der Waals surface area contributed by atoms with Gasteiger partial charge in [-0.15, -0.1) is 11.3 Å². The topological polar surface area (TPSA) is 78.9 Å². The number of guanidine groups is 1. The molecule has 28 heavy (non-hydrogen) atoms. The Morgan fingerprint density at radius 3 is 2.43 bits per heavy atom. The molecule has 2 aliphatic heterocycles. The first-order valence-electron chi connectivity index (χ1n) is 10.1. The van der Waals surface area contributed by atoms with Gasteiger partial charge in [-0.25, -0.2) is 9.78 Å². The molecule has 8 heteroatoms. The fourth-order valence-corrected chi connectivity index (χ4v) is 5.07. The van der Waals surface area contributed by atoms with Gasteiger partial charge in [0.1, 0.15) is 5.60 Å². The number of aryl methyl sites for hydroxylation is 2. The van der Waals surface area contributed by atoms with Crippen molar-refractivity contribution < 1.29 is 9.53 Å². The molecular weight excluding hydrogens is 374 g/mol. The molecule has 0 radical (unpaired) electrons. The van der Waals surface area contributed by atoms with Crippen molar-refractivity contribution in [3.05, 3.63) is 15.6 Å². The van der Waals surface area contributed by atoms with Crippen molar-refractivity contribution in [1.29, 1.82) is 0 Å². The molecule has 3 rings (SSSR count). The number of aromatic nitrogens is 1. The van der Waals surface area contributed by atoms with Gasteiger partial charge in [-0.1, -0.05) is 0 Å². The van der Waals surface area contributed by atoms with Crippen molar-refractivity contribution in [2.45, 2.75) is 90.6 Å². The van der Waals surface area contributed by atoms with E-state index in [1.165, 1.54) is 4.88 Å². The molecule has 2 unspecified atom stereocenters. The first-order valence-corrected chi connectivity index (χ1v) is 10.9. The third-order valence-electron chi connectivity index (χ3n) is 5.32. The highest BCUT2D eigenvalue weighted by Crippen LogP contribution is 2.36. The van der Waals surface area contributed by atoms with Crippen LogP contribution in [0.2, 0.25) is 0 Å². The van der Waals surface area contributed by atoms with Gasteiger partial charge in [-0.05, 0) is 60.3 Å². The molecule has 2 atom stereocenters. The lowest BCUT2D eigenvalue weighted by Gasteiger charge is -2.40. The van der Waals surface area contributed by atoms with E-state index in [2.05, 4.69) is 20.6 Å². The summed E-state index contributed by atoms with van der Waals surface area (Å²) in [7, 11) is 1.80. The number of fused-ring (bicyclic) bond motifs is 2. The van der Waals surface area contributed by atoms with E-state index in [0.29, 0.717) is 6.04 Å². The Bertz CT molecular complexity index is 725. The van der Waals surface area contributed by atoms with E-state index in [-0.39, 0.29) is 18.2 Å². The number of aliphatic imine (C=N–C) groups is 1. The monoisotopic (exact) mass is 407 g/mol. The van der Waals surface area contributed by atoms with E-state index in [4.69, 9.17) is 4.74 Å². The second kappa shape index (κ2) is 8.27. The van der Waals surface area contributed by atoms with Crippen LogP contribution >= 0.6 is 11.3 Å². The molecule has 2 fully saturated rings. The molecule has 1 aromatic heterocycles. The summed E-state index contributed by atoms with van der Waals surface area (Å²) in [4.78, 5) is 24.7. The smallest absolute Gasteiger partial charge is 0.410 e. The van der Waals surface area contributed by atoms with Crippen molar-refractivity contribution in [2.75, 3.05) is 7.05 Å². The number of nitrogens with one attached hydrogen (secondary N) is 2. The number of piperidine rings is 1. The van der Waals surface area contributed by atoms with E-state index >= 15 is 0 Å². The highest BCUT2D eigenvalue weighted by Gasteiger charge is 2.45. The Hall–Kier alpha value is -1.83. The third kappa shape index (κ3) is 4.96. The van der Waals surface area contributed by atoms with Crippen LogP contribution in [0.3, 0.4) is 0 Å². The minimum absolute atomic E-state index is 0.169. The number of thiazole rings is 1. The fraction of sp³-hybridized carbons (Fsp3) is 0.750. The lowest BCUT2D eigenvalue weighted by Crippen LogP contribution is -2.54. The Labute approximate surface area is 172 Å². The largest absolute Gasteiger partial charge is 0.444 e. The molecule has 1 amide bonds. The maximum atomic E-state index is 12.6. The van der Waals surface area contributed by atoms with Crippen LogP contribution < -0.4 is 10.6 Å². The SMILES string of the molecule is CN=C(NCc1sc(C)nc1C)NC1CC2CCC(C1)N2C(=O)OC(C)(C)C. The van der Waals surface area contributed by atoms with Crippen LogP contribution in [0.15, 0.2) is 4.99 Å². The molecule has 2 aliphatic rings. The summed E-state index contributed by atoms with van der Waals surface area (Å²) in [5.41, 5.74) is 0.624. The number of carbonyl (C=O) groups is 1. The van der Waals surface area contributed by atoms with Crippen molar-refractivity contribution in [1.82, 2.24) is 20.5 Å². The summed E-state index contributed by atoms with van der Waals surface area (Å²) in [6.07, 6.45) is 3.78. The lowest BCUT2D eigenvalue weighted by molar-refractivity contribution is 0.00545. The molecular formula is C20H33N5O2S. The second-order valence-corrected chi connectivity index (χ2v) is 10.0. The highest BCUT2D eigenvalue weighted by molar-refractivity contribution is 7.11. The highest BCUT2D eigenvalue weighted by atomic mass is 32.1. The number of ether oxygens (including phenoxy) is 1. The zero-order valence-electron chi connectivity index (χ0n) is 17.8. The normalized spacial score (nSPS) is 25.0. The standard InChI is InChI=1S/C20H33N5O2S/c1-12-17(28-13(2)23-12)11-22-18(21-6)24-14-9-15-7-8-16(10-14)25(15)19(26)27-20(3,4)5/h14-16H,7-11H2,1-6H3,(H2,21,22,24). The number of amides is 1. The van der Waals surface area contributed by atoms with Gasteiger partial charge in [-0.2, -0.15) is 0 Å². The lowest BCUT2D eigenvalue weighted by atomic mass is 9.98. The van der Waals surface area contributed by atoms with Crippen LogP contribution in [-0.2, 0) is 11.3 Å². The van der Waals surface area contributed by atoms with Gasteiger partial charge in [0.15, 0.2) is 5.96 Å². The molecule has 0 saturated carbocycles. The van der Waals surface area contributed by atoms with Gasteiger partial charge in [0.2, 0.25) is 0 Å². The summed E-state index contributed by atoms with van der Waals surface area (Å²) >= 11 is 1.72. The van der Waals surface area contributed by atoms with E-state index in [0.717, 1.165) is 48.9 Å². The Morgan fingerprint density at radius 1 is 1.29 bits per heavy atom. The second-order valence-electron chi connectivity index (χ2n) is 8.75. The van der Waals surface area contributed by atoms with Crippen molar-refractivity contribution in [3.63, 3.8) is 0 Å². The molecule has 1 aromatic rings. The summed E-state index contributed by atoms with van der Waals surface area (Å²) in [5, 5.41) is 8.05. The minimum Gasteiger partial charge on any atom is -0.444 e. The maximum Gasteiger partial charge on any atom is 0.410 e. The van der Waals surface area contributed by atoms with Gasteiger partial charge >= 0.3 is 6.09 Å². The van der Waals surface area contributed by atoms with Gasteiger partial charge < -0.3 is 20.3 Å². The molecule has 7 nitrogen and oxygen atoms in total. The predicted octanol–water partition coefficient (Wildman–Crippen LogP) is 3.36. The first-order chi connectivity index (χ1) is 13.2. The fourth-order valence-electron chi connectivity index (χ4n) is 4.20. The average molecular weight is 408 g/mol. The van der Waals surface area contributed by atoms with Crippen molar-refractivity contribution in [3.8, 4) is 0 Å². The number of hydrogen-bond donors (Lipinski definition) is 2. The summed E-state index contributed by atoms with van der Waals surface area (Å²) < 4.78 is 5.62. The van der Waals surface area contributed by atoms with Crippen molar-refractivity contribution in [2.24, 2.45) is 4.99 Å². The molecule has 2 N–H and O–H groups in total. The van der Waals surface area contributed by atoms with Crippen LogP contribution in [0.4, 0.5) is 4.79 Å². The van der Waals surface area contributed by atoms with Crippen LogP contribution in [0.5, 0.6) is 0 Å². The molecule has 2 bridgehead atoms. The summed E-state index contributed by atoms with van der Waals surface area (Å²) in [5.74, 6) is 0.806. The predicted molar refractivity (Wildman–Crippen MR) is 113 cm³/mol. The Kier molecular flexibility index (Phi) is 6.17. The number of nitrogens with zero attached hydrogens (tertiary/aromatic N) is 3. The molecule has 2 saturated heterocycles. The quantitative estimate of drug-likeness (QED) is 0.593. The zero-order chi connectivity index (χ0) is 20.5. The first kappa shape index (κ1) is 20.9. The van der Waals surface area contributed by atoms with E-state index in [9.17, 15) is 4.79 Å². The average Bonchev–Trinajstić information content (AvgIpc) is 3.05. The summed E-state index contributed by atoms with van der Waals surface area (Å²) in [6, 6.07) is 0.804. The van der Waals surface area contributed by atoms with Gasteiger partial charge in [0.25, 0.3) is 0 Å². The molecule has 0 aliphatic carbocycles. The minimum atomic E-state index is -0.454. The molecule has 0 aromatic carbocycles. The number of rotatable bonds is 3. The van der Waals surface area contributed by atoms with E-state index in [1.54, 1.807) is 18.4 Å². The van der Waals surface area contributed by atoms with E-state index < -0.39 is 5.60 Å². The third-order valence-corrected chi connectivity index (χ3v) is 6.39. The van der Waals surface area contributed by atoms with E-state index in [1.807, 2.05) is 39.5 Å². The Morgan fingerprint density at radius 2 is 1.93 bits per heavy atom. The van der Waals surface area contributed by atoms with Gasteiger partial charge in [0.05, 0.1) is 17.2 Å². The van der Waals surface area contributed by atoms with Crippen LogP contribution in [0.1, 0.15) is 62.0 Å². The van der Waals surface area contributed by atoms with Crippen molar-refractivity contribution >= 4 is 23.4 Å². The Balaban J connectivity index is 1.55. The molecule has 0 spiro atoms. The molecule has 3 heterocycles. The van der Waals surface area contributed by atoms with Crippen LogP contribution in [0, 0.1) is 13.8 Å². The van der Waals surface area contributed by atoms with Crippen LogP contribution in [0.25, 0.3) is 0 Å².